The summed E-state index contributed by atoms with van der Waals surface area (Å²) >= 11 is 5.91. The van der Waals surface area contributed by atoms with Crippen molar-refractivity contribution in [3.05, 3.63) is 54.6 Å². The average Bonchev–Trinajstić information content (AvgIpc) is 2.30. The highest BCUT2D eigenvalue weighted by Crippen LogP contribution is 2.25. The SMILES string of the molecule is ClPc1ccccc1-c1ccccc1. The lowest BCUT2D eigenvalue weighted by molar-refractivity contribution is 1.65. The summed E-state index contributed by atoms with van der Waals surface area (Å²) < 4.78 is 0. The molecule has 0 saturated carbocycles. The van der Waals surface area contributed by atoms with Gasteiger partial charge in [0, 0.05) is 7.93 Å². The third kappa shape index (κ3) is 1.97. The number of halogens is 1. The van der Waals surface area contributed by atoms with Crippen LogP contribution >= 0.6 is 19.2 Å². The summed E-state index contributed by atoms with van der Waals surface area (Å²) in [6.45, 7) is 0. The van der Waals surface area contributed by atoms with Gasteiger partial charge < -0.3 is 0 Å². The number of rotatable bonds is 2. The molecule has 0 N–H and O–H groups in total. The second-order valence-corrected chi connectivity index (χ2v) is 4.30. The summed E-state index contributed by atoms with van der Waals surface area (Å²) in [4.78, 5) is 0. The van der Waals surface area contributed by atoms with Gasteiger partial charge in [-0.15, -0.1) is 0 Å². The van der Waals surface area contributed by atoms with E-state index >= 15 is 0 Å². The predicted octanol–water partition coefficient (Wildman–Crippen LogP) is 3.81. The summed E-state index contributed by atoms with van der Waals surface area (Å²) in [7, 11) is 0.327. The Morgan fingerprint density at radius 2 is 1.43 bits per heavy atom. The fourth-order valence-corrected chi connectivity index (χ4v) is 2.42. The van der Waals surface area contributed by atoms with Gasteiger partial charge >= 0.3 is 0 Å². The molecule has 0 aliphatic heterocycles. The van der Waals surface area contributed by atoms with Crippen LogP contribution in [0.25, 0.3) is 11.1 Å². The molecule has 0 fully saturated rings. The van der Waals surface area contributed by atoms with Crippen LogP contribution in [0, 0.1) is 0 Å². The van der Waals surface area contributed by atoms with Crippen LogP contribution in [0.2, 0.25) is 0 Å². The maximum absolute atomic E-state index is 5.91. The van der Waals surface area contributed by atoms with Crippen molar-refractivity contribution in [2.24, 2.45) is 0 Å². The maximum atomic E-state index is 5.91. The standard InChI is InChI=1S/C12H10ClP/c13-14-12-9-5-4-8-11(12)10-6-2-1-3-7-10/h1-9,14H. The normalized spacial score (nSPS) is 10.9. The van der Waals surface area contributed by atoms with E-state index in [1.165, 1.54) is 16.4 Å². The smallest absolute Gasteiger partial charge is 0.00723 e. The molecule has 2 heteroatoms. The Morgan fingerprint density at radius 1 is 0.786 bits per heavy atom. The van der Waals surface area contributed by atoms with Gasteiger partial charge in [-0.2, -0.15) is 0 Å². The number of benzene rings is 2. The molecule has 14 heavy (non-hydrogen) atoms. The predicted molar refractivity (Wildman–Crippen MR) is 65.7 cm³/mol. The second-order valence-electron chi connectivity index (χ2n) is 3.01. The monoisotopic (exact) mass is 220 g/mol. The molecule has 1 unspecified atom stereocenters. The molecule has 2 aromatic carbocycles. The Hall–Kier alpha value is -0.840. The zero-order valence-corrected chi connectivity index (χ0v) is 9.33. The third-order valence-corrected chi connectivity index (χ3v) is 3.36. The molecule has 0 spiro atoms. The summed E-state index contributed by atoms with van der Waals surface area (Å²) in [6.07, 6.45) is 0. The zero-order valence-electron chi connectivity index (χ0n) is 7.57. The average molecular weight is 221 g/mol. The van der Waals surface area contributed by atoms with E-state index in [0.29, 0.717) is 7.93 Å². The third-order valence-electron chi connectivity index (χ3n) is 2.11. The first-order valence-corrected chi connectivity index (χ1v) is 6.44. The lowest BCUT2D eigenvalue weighted by atomic mass is 10.1. The highest BCUT2D eigenvalue weighted by molar-refractivity contribution is 7.75. The lowest BCUT2D eigenvalue weighted by Gasteiger charge is -2.05. The summed E-state index contributed by atoms with van der Waals surface area (Å²) in [5.41, 5.74) is 2.47. The molecule has 2 rings (SSSR count). The van der Waals surface area contributed by atoms with Crippen molar-refractivity contribution in [1.82, 2.24) is 0 Å². The lowest BCUT2D eigenvalue weighted by Crippen LogP contribution is -1.96. The van der Waals surface area contributed by atoms with E-state index in [9.17, 15) is 0 Å². The Balaban J connectivity index is 2.51. The first-order valence-electron chi connectivity index (χ1n) is 4.43. The minimum absolute atomic E-state index is 0.327. The Morgan fingerprint density at radius 3 is 2.14 bits per heavy atom. The van der Waals surface area contributed by atoms with E-state index < -0.39 is 0 Å². The molecule has 0 bridgehead atoms. The largest absolute Gasteiger partial charge is 0.0948 e. The molecule has 0 aliphatic rings. The van der Waals surface area contributed by atoms with Crippen LogP contribution in [0.1, 0.15) is 0 Å². The van der Waals surface area contributed by atoms with Gasteiger partial charge in [-0.05, 0) is 16.4 Å². The van der Waals surface area contributed by atoms with E-state index in [2.05, 4.69) is 24.3 Å². The van der Waals surface area contributed by atoms with Crippen LogP contribution in [0.4, 0.5) is 0 Å². The van der Waals surface area contributed by atoms with Crippen molar-refractivity contribution in [3.63, 3.8) is 0 Å². The Bertz CT molecular complexity index is 412. The minimum atomic E-state index is 0.327. The van der Waals surface area contributed by atoms with Crippen molar-refractivity contribution < 1.29 is 0 Å². The van der Waals surface area contributed by atoms with E-state index in [0.717, 1.165) is 0 Å². The molecule has 0 aliphatic carbocycles. The summed E-state index contributed by atoms with van der Waals surface area (Å²) in [5, 5.41) is 1.21. The van der Waals surface area contributed by atoms with Crippen molar-refractivity contribution >= 4 is 24.5 Å². The molecule has 2 aromatic rings. The Labute approximate surface area is 90.5 Å². The van der Waals surface area contributed by atoms with Gasteiger partial charge in [-0.25, -0.2) is 0 Å². The topological polar surface area (TPSA) is 0 Å². The highest BCUT2D eigenvalue weighted by atomic mass is 35.7. The molecule has 0 amide bonds. The van der Waals surface area contributed by atoms with Crippen LogP contribution < -0.4 is 5.30 Å². The molecule has 70 valence electrons. The van der Waals surface area contributed by atoms with Crippen LogP contribution in [-0.2, 0) is 0 Å². The van der Waals surface area contributed by atoms with Crippen LogP contribution in [0.15, 0.2) is 54.6 Å². The number of hydrogen-bond acceptors (Lipinski definition) is 0. The van der Waals surface area contributed by atoms with E-state index in [-0.39, 0.29) is 0 Å². The quantitative estimate of drug-likeness (QED) is 0.675. The fourth-order valence-electron chi connectivity index (χ4n) is 1.43. The van der Waals surface area contributed by atoms with Gasteiger partial charge in [0.15, 0.2) is 0 Å². The molecule has 1 atom stereocenters. The van der Waals surface area contributed by atoms with Crippen LogP contribution in [0.3, 0.4) is 0 Å². The molecular weight excluding hydrogens is 211 g/mol. The van der Waals surface area contributed by atoms with E-state index in [1.54, 1.807) is 0 Å². The van der Waals surface area contributed by atoms with Crippen molar-refractivity contribution in [2.75, 3.05) is 0 Å². The molecule has 0 aromatic heterocycles. The molecule has 0 saturated heterocycles. The molecule has 0 heterocycles. The number of hydrogen-bond donors (Lipinski definition) is 0. The highest BCUT2D eigenvalue weighted by Gasteiger charge is 2.01. The molecular formula is C12H10ClP. The fraction of sp³-hybridized carbons (Fsp3) is 0. The first-order chi connectivity index (χ1) is 6.92. The van der Waals surface area contributed by atoms with Gasteiger partial charge in [0.25, 0.3) is 0 Å². The summed E-state index contributed by atoms with van der Waals surface area (Å²) in [6, 6.07) is 18.6. The van der Waals surface area contributed by atoms with E-state index in [4.69, 9.17) is 11.2 Å². The van der Waals surface area contributed by atoms with Gasteiger partial charge in [-0.1, -0.05) is 65.8 Å². The zero-order chi connectivity index (χ0) is 9.80. The van der Waals surface area contributed by atoms with Gasteiger partial charge in [0.2, 0.25) is 0 Å². The minimum Gasteiger partial charge on any atom is -0.0948 e. The molecule has 0 nitrogen and oxygen atoms in total. The maximum Gasteiger partial charge on any atom is 0.00723 e. The molecule has 0 radical (unpaired) electrons. The van der Waals surface area contributed by atoms with Gasteiger partial charge in [0.05, 0.1) is 0 Å². The van der Waals surface area contributed by atoms with Crippen molar-refractivity contribution in [1.29, 1.82) is 0 Å². The van der Waals surface area contributed by atoms with Crippen molar-refractivity contribution in [3.8, 4) is 11.1 Å². The van der Waals surface area contributed by atoms with Crippen molar-refractivity contribution in [2.45, 2.75) is 0 Å². The summed E-state index contributed by atoms with van der Waals surface area (Å²) in [5.74, 6) is 0. The van der Waals surface area contributed by atoms with E-state index in [1.807, 2.05) is 30.3 Å². The Kier molecular flexibility index (Phi) is 3.18. The second kappa shape index (κ2) is 4.59. The van der Waals surface area contributed by atoms with Crippen LogP contribution in [0.5, 0.6) is 0 Å². The first kappa shape index (κ1) is 9.71. The van der Waals surface area contributed by atoms with Gasteiger partial charge in [0.1, 0.15) is 0 Å². The van der Waals surface area contributed by atoms with Crippen LogP contribution in [-0.4, -0.2) is 0 Å². The van der Waals surface area contributed by atoms with Gasteiger partial charge in [-0.3, -0.25) is 0 Å².